The van der Waals surface area contributed by atoms with Gasteiger partial charge in [-0.25, -0.2) is 0 Å². The molecule has 1 aromatic rings. The number of aliphatic carboxylic acids is 1. The van der Waals surface area contributed by atoms with Crippen molar-refractivity contribution in [2.24, 2.45) is 5.41 Å². The molecule has 0 aliphatic carbocycles. The highest BCUT2D eigenvalue weighted by Crippen LogP contribution is 2.45. The molecule has 1 aliphatic heterocycles. The summed E-state index contributed by atoms with van der Waals surface area (Å²) < 4.78 is 67.5. The Kier molecular flexibility index (Phi) is 5.19. The lowest BCUT2D eigenvalue weighted by Crippen LogP contribution is -2.47. The highest BCUT2D eigenvalue weighted by atomic mass is 19.4. The van der Waals surface area contributed by atoms with Gasteiger partial charge in [-0.3, -0.25) is 9.59 Å². The van der Waals surface area contributed by atoms with Crippen LogP contribution in [-0.4, -0.2) is 47.8 Å². The second-order valence-electron chi connectivity index (χ2n) is 5.65. The molecule has 10 heteroatoms. The fourth-order valence-electron chi connectivity index (χ4n) is 2.62. The van der Waals surface area contributed by atoms with Gasteiger partial charge in [0.15, 0.2) is 5.41 Å². The van der Waals surface area contributed by atoms with Gasteiger partial charge < -0.3 is 14.7 Å². The van der Waals surface area contributed by atoms with E-state index in [0.29, 0.717) is 5.56 Å². The molecular formula is C15H14F5NO4. The molecule has 0 radical (unpaired) electrons. The van der Waals surface area contributed by atoms with Gasteiger partial charge in [0, 0.05) is 13.1 Å². The number of ether oxygens (including phenoxy) is 1. The summed E-state index contributed by atoms with van der Waals surface area (Å²) in [4.78, 5) is 24.1. The first kappa shape index (κ1) is 18.9. The van der Waals surface area contributed by atoms with Crippen molar-refractivity contribution in [3.63, 3.8) is 0 Å². The van der Waals surface area contributed by atoms with E-state index in [9.17, 15) is 31.5 Å². The molecule has 5 nitrogen and oxygen atoms in total. The van der Waals surface area contributed by atoms with Crippen LogP contribution in [0.3, 0.4) is 0 Å². The van der Waals surface area contributed by atoms with E-state index in [1.807, 2.05) is 0 Å². The van der Waals surface area contributed by atoms with Crippen LogP contribution in [0.4, 0.5) is 22.0 Å². The van der Waals surface area contributed by atoms with Gasteiger partial charge in [0.05, 0.1) is 6.42 Å². The standard InChI is InChI=1S/C15H14F5NO4/c16-13(17)25-10-3-1-9(2-4-10)7-11(22)21-6-5-14(8-21,12(23)24)15(18,19)20/h1-4,13H,5-8H2,(H,23,24). The summed E-state index contributed by atoms with van der Waals surface area (Å²) in [5, 5.41) is 8.96. The number of carbonyl (C=O) groups is 2. The van der Waals surface area contributed by atoms with E-state index in [1.54, 1.807) is 0 Å². The van der Waals surface area contributed by atoms with E-state index >= 15 is 0 Å². The third kappa shape index (κ3) is 3.99. The summed E-state index contributed by atoms with van der Waals surface area (Å²) in [6.07, 6.45) is -5.95. The largest absolute Gasteiger partial charge is 0.481 e. The number of carboxylic acids is 1. The van der Waals surface area contributed by atoms with Crippen LogP contribution in [0.5, 0.6) is 5.75 Å². The molecule has 1 N–H and O–H groups in total. The van der Waals surface area contributed by atoms with Crippen molar-refractivity contribution in [3.05, 3.63) is 29.8 Å². The highest BCUT2D eigenvalue weighted by Gasteiger charge is 2.64. The Balaban J connectivity index is 2.04. The molecule has 138 valence electrons. The number of amides is 1. The van der Waals surface area contributed by atoms with Gasteiger partial charge in [-0.1, -0.05) is 12.1 Å². The van der Waals surface area contributed by atoms with E-state index in [-0.39, 0.29) is 18.7 Å². The maximum absolute atomic E-state index is 13.1. The van der Waals surface area contributed by atoms with Crippen LogP contribution in [0.25, 0.3) is 0 Å². The number of benzene rings is 1. The number of halogens is 5. The molecule has 1 unspecified atom stereocenters. The average Bonchev–Trinajstić information content (AvgIpc) is 2.95. The summed E-state index contributed by atoms with van der Waals surface area (Å²) >= 11 is 0. The second kappa shape index (κ2) is 6.85. The minimum Gasteiger partial charge on any atom is -0.481 e. The third-order valence-electron chi connectivity index (χ3n) is 4.08. The Morgan fingerprint density at radius 3 is 2.28 bits per heavy atom. The first-order valence-electron chi connectivity index (χ1n) is 7.17. The number of nitrogens with zero attached hydrogens (tertiary/aromatic N) is 1. The number of hydrogen-bond acceptors (Lipinski definition) is 3. The molecule has 1 atom stereocenters. The second-order valence-corrected chi connectivity index (χ2v) is 5.65. The number of alkyl halides is 5. The van der Waals surface area contributed by atoms with Crippen molar-refractivity contribution in [1.29, 1.82) is 0 Å². The zero-order chi connectivity index (χ0) is 18.8. The Hall–Kier alpha value is -2.39. The Labute approximate surface area is 139 Å². The zero-order valence-corrected chi connectivity index (χ0v) is 12.7. The lowest BCUT2D eigenvalue weighted by molar-refractivity contribution is -0.227. The molecule has 0 saturated carbocycles. The molecule has 1 saturated heterocycles. The molecule has 25 heavy (non-hydrogen) atoms. The molecule has 1 amide bonds. The predicted molar refractivity (Wildman–Crippen MR) is 74.1 cm³/mol. The number of carboxylic acid groups (broad SMARTS) is 1. The van der Waals surface area contributed by atoms with Crippen molar-refractivity contribution < 1.29 is 41.4 Å². The number of likely N-dealkylation sites (tertiary alicyclic amines) is 1. The van der Waals surface area contributed by atoms with Gasteiger partial charge in [-0.2, -0.15) is 22.0 Å². The van der Waals surface area contributed by atoms with Gasteiger partial charge in [0.1, 0.15) is 5.75 Å². The van der Waals surface area contributed by atoms with Gasteiger partial charge in [-0.15, -0.1) is 0 Å². The SMILES string of the molecule is O=C(Cc1ccc(OC(F)F)cc1)N1CCC(C(=O)O)(C(F)(F)F)C1. The average molecular weight is 367 g/mol. The summed E-state index contributed by atoms with van der Waals surface area (Å²) in [7, 11) is 0. The summed E-state index contributed by atoms with van der Waals surface area (Å²) in [5.41, 5.74) is -2.58. The number of hydrogen-bond donors (Lipinski definition) is 1. The van der Waals surface area contributed by atoms with E-state index in [1.165, 1.54) is 24.3 Å². The van der Waals surface area contributed by atoms with Crippen LogP contribution in [0.15, 0.2) is 24.3 Å². The van der Waals surface area contributed by atoms with Crippen molar-refractivity contribution >= 4 is 11.9 Å². The lowest BCUT2D eigenvalue weighted by Gasteiger charge is -2.27. The molecule has 0 bridgehead atoms. The lowest BCUT2D eigenvalue weighted by atomic mass is 9.86. The van der Waals surface area contributed by atoms with E-state index in [0.717, 1.165) is 4.90 Å². The summed E-state index contributed by atoms with van der Waals surface area (Å²) in [6, 6.07) is 5.08. The molecular weight excluding hydrogens is 353 g/mol. The Morgan fingerprint density at radius 1 is 1.24 bits per heavy atom. The fraction of sp³-hybridized carbons (Fsp3) is 0.467. The van der Waals surface area contributed by atoms with Gasteiger partial charge in [-0.05, 0) is 24.1 Å². The molecule has 0 aromatic heterocycles. The fourth-order valence-corrected chi connectivity index (χ4v) is 2.62. The predicted octanol–water partition coefficient (Wildman–Crippen LogP) is 2.70. The van der Waals surface area contributed by atoms with Crippen LogP contribution in [-0.2, 0) is 16.0 Å². The smallest absolute Gasteiger partial charge is 0.406 e. The zero-order valence-electron chi connectivity index (χ0n) is 12.7. The number of carbonyl (C=O) groups excluding carboxylic acids is 1. The third-order valence-corrected chi connectivity index (χ3v) is 4.08. The van der Waals surface area contributed by atoms with E-state index in [2.05, 4.69) is 4.74 Å². The van der Waals surface area contributed by atoms with Crippen LogP contribution >= 0.6 is 0 Å². The molecule has 1 aromatic carbocycles. The van der Waals surface area contributed by atoms with E-state index in [4.69, 9.17) is 5.11 Å². The molecule has 1 fully saturated rings. The Morgan fingerprint density at radius 2 is 1.84 bits per heavy atom. The minimum atomic E-state index is -4.97. The first-order chi connectivity index (χ1) is 11.5. The van der Waals surface area contributed by atoms with Crippen LogP contribution in [0.2, 0.25) is 0 Å². The van der Waals surface area contributed by atoms with Gasteiger partial charge >= 0.3 is 18.8 Å². The molecule has 0 spiro atoms. The maximum Gasteiger partial charge on any atom is 0.406 e. The maximum atomic E-state index is 13.1. The van der Waals surface area contributed by atoms with Crippen LogP contribution in [0, 0.1) is 5.41 Å². The molecule has 1 aliphatic rings. The normalized spacial score (nSPS) is 20.8. The van der Waals surface area contributed by atoms with Crippen molar-refractivity contribution in [2.75, 3.05) is 13.1 Å². The van der Waals surface area contributed by atoms with Gasteiger partial charge in [0.25, 0.3) is 0 Å². The minimum absolute atomic E-state index is 0.116. The summed E-state index contributed by atoms with van der Waals surface area (Å²) in [6.45, 7) is -4.27. The van der Waals surface area contributed by atoms with Crippen molar-refractivity contribution in [2.45, 2.75) is 25.6 Å². The monoisotopic (exact) mass is 367 g/mol. The van der Waals surface area contributed by atoms with Crippen LogP contribution in [0.1, 0.15) is 12.0 Å². The van der Waals surface area contributed by atoms with Crippen molar-refractivity contribution in [1.82, 2.24) is 4.90 Å². The van der Waals surface area contributed by atoms with Crippen molar-refractivity contribution in [3.8, 4) is 5.75 Å². The van der Waals surface area contributed by atoms with Crippen LogP contribution < -0.4 is 4.74 Å². The van der Waals surface area contributed by atoms with Gasteiger partial charge in [0.2, 0.25) is 5.91 Å². The molecule has 1 heterocycles. The first-order valence-corrected chi connectivity index (χ1v) is 7.17. The number of rotatable bonds is 5. The topological polar surface area (TPSA) is 66.8 Å². The molecule has 2 rings (SSSR count). The summed E-state index contributed by atoms with van der Waals surface area (Å²) in [5.74, 6) is -2.80. The highest BCUT2D eigenvalue weighted by molar-refractivity contribution is 5.82. The van der Waals surface area contributed by atoms with E-state index < -0.39 is 43.0 Å². The Bertz CT molecular complexity index is 646. The quantitative estimate of drug-likeness (QED) is 0.813.